The van der Waals surface area contributed by atoms with Crippen LogP contribution in [-0.4, -0.2) is 5.78 Å². The summed E-state index contributed by atoms with van der Waals surface area (Å²) in [6.07, 6.45) is 0. The van der Waals surface area contributed by atoms with Crippen molar-refractivity contribution in [1.82, 2.24) is 0 Å². The third-order valence-corrected chi connectivity index (χ3v) is 2.89. The fourth-order valence-electron chi connectivity index (χ4n) is 1.63. The molecule has 1 nitrogen and oxygen atoms in total. The zero-order chi connectivity index (χ0) is 12.4. The second-order valence-electron chi connectivity index (χ2n) is 3.77. The lowest BCUT2D eigenvalue weighted by atomic mass is 9.99. The summed E-state index contributed by atoms with van der Waals surface area (Å²) >= 11 is 5.95. The molecule has 0 radical (unpaired) electrons. The monoisotopic (exact) mass is 248 g/mol. The van der Waals surface area contributed by atoms with Crippen LogP contribution in [0.3, 0.4) is 0 Å². The average Bonchev–Trinajstić information content (AvgIpc) is 2.32. The molecule has 17 heavy (non-hydrogen) atoms. The van der Waals surface area contributed by atoms with Crippen molar-refractivity contribution in [3.05, 3.63) is 70.0 Å². The van der Waals surface area contributed by atoms with Crippen LogP contribution in [0.2, 0.25) is 5.02 Å². The summed E-state index contributed by atoms with van der Waals surface area (Å²) in [5.74, 6) is -0.682. The molecule has 0 amide bonds. The molecular formula is C14H10ClFO. The van der Waals surface area contributed by atoms with Gasteiger partial charge in [0.1, 0.15) is 5.82 Å². The normalized spacial score (nSPS) is 10.3. The molecule has 0 aromatic heterocycles. The molecule has 0 bridgehead atoms. The summed E-state index contributed by atoms with van der Waals surface area (Å²) < 4.78 is 13.1. The van der Waals surface area contributed by atoms with Crippen LogP contribution in [0.25, 0.3) is 0 Å². The van der Waals surface area contributed by atoms with Gasteiger partial charge in [-0.25, -0.2) is 4.39 Å². The highest BCUT2D eigenvalue weighted by molar-refractivity contribution is 6.35. The zero-order valence-electron chi connectivity index (χ0n) is 9.21. The second-order valence-corrected chi connectivity index (χ2v) is 4.18. The van der Waals surface area contributed by atoms with E-state index in [0.717, 1.165) is 5.56 Å². The van der Waals surface area contributed by atoms with Gasteiger partial charge in [0, 0.05) is 11.1 Å². The smallest absolute Gasteiger partial charge is 0.194 e. The lowest BCUT2D eigenvalue weighted by molar-refractivity contribution is 0.103. The molecule has 0 unspecified atom stereocenters. The van der Waals surface area contributed by atoms with E-state index in [9.17, 15) is 9.18 Å². The second kappa shape index (κ2) is 4.68. The molecule has 0 heterocycles. The first-order valence-corrected chi connectivity index (χ1v) is 5.53. The van der Waals surface area contributed by atoms with Gasteiger partial charge in [0.05, 0.1) is 5.02 Å². The van der Waals surface area contributed by atoms with Crippen molar-refractivity contribution in [2.24, 2.45) is 0 Å². The first-order valence-electron chi connectivity index (χ1n) is 5.15. The summed E-state index contributed by atoms with van der Waals surface area (Å²) in [7, 11) is 0. The lowest BCUT2D eigenvalue weighted by Crippen LogP contribution is -2.04. The quantitative estimate of drug-likeness (QED) is 0.734. The van der Waals surface area contributed by atoms with Crippen LogP contribution in [0, 0.1) is 12.7 Å². The Bertz CT molecular complexity index is 578. The molecule has 0 N–H and O–H groups in total. The zero-order valence-corrected chi connectivity index (χ0v) is 9.96. The molecule has 2 aromatic carbocycles. The SMILES string of the molecule is Cc1ccc(F)cc1C(=O)c1ccccc1Cl. The van der Waals surface area contributed by atoms with Crippen LogP contribution in [0.15, 0.2) is 42.5 Å². The Kier molecular flexibility index (Phi) is 3.25. The van der Waals surface area contributed by atoms with Crippen LogP contribution in [-0.2, 0) is 0 Å². The maximum atomic E-state index is 13.1. The van der Waals surface area contributed by atoms with E-state index in [0.29, 0.717) is 16.1 Å². The van der Waals surface area contributed by atoms with Crippen molar-refractivity contribution in [3.63, 3.8) is 0 Å². The van der Waals surface area contributed by atoms with Gasteiger partial charge in [-0.15, -0.1) is 0 Å². The Morgan fingerprint density at radius 1 is 1.12 bits per heavy atom. The number of hydrogen-bond donors (Lipinski definition) is 0. The van der Waals surface area contributed by atoms with Crippen molar-refractivity contribution in [1.29, 1.82) is 0 Å². The summed E-state index contributed by atoms with van der Waals surface area (Å²) in [5, 5.41) is 0.376. The number of rotatable bonds is 2. The van der Waals surface area contributed by atoms with Crippen LogP contribution in [0.5, 0.6) is 0 Å². The molecular weight excluding hydrogens is 239 g/mol. The Labute approximate surface area is 104 Å². The summed E-state index contributed by atoms with van der Waals surface area (Å²) in [6.45, 7) is 1.77. The Morgan fingerprint density at radius 2 is 1.82 bits per heavy atom. The van der Waals surface area contributed by atoms with E-state index >= 15 is 0 Å². The topological polar surface area (TPSA) is 17.1 Å². The number of ketones is 1. The molecule has 0 aliphatic carbocycles. The van der Waals surface area contributed by atoms with Crippen molar-refractivity contribution in [2.45, 2.75) is 6.92 Å². The molecule has 0 atom stereocenters. The van der Waals surface area contributed by atoms with E-state index in [1.165, 1.54) is 12.1 Å². The van der Waals surface area contributed by atoms with Gasteiger partial charge in [0.15, 0.2) is 5.78 Å². The third-order valence-electron chi connectivity index (χ3n) is 2.56. The van der Waals surface area contributed by atoms with Crippen LogP contribution < -0.4 is 0 Å². The number of benzene rings is 2. The minimum Gasteiger partial charge on any atom is -0.289 e. The van der Waals surface area contributed by atoms with Crippen molar-refractivity contribution in [2.75, 3.05) is 0 Å². The van der Waals surface area contributed by atoms with Crippen LogP contribution in [0.4, 0.5) is 4.39 Å². The van der Waals surface area contributed by atoms with Gasteiger partial charge in [-0.3, -0.25) is 4.79 Å². The van der Waals surface area contributed by atoms with Gasteiger partial charge in [-0.05, 0) is 36.8 Å². The summed E-state index contributed by atoms with van der Waals surface area (Å²) in [6, 6.07) is 10.9. The average molecular weight is 249 g/mol. The first kappa shape index (κ1) is 11.8. The number of carbonyl (C=O) groups is 1. The standard InChI is InChI=1S/C14H10ClFO/c1-9-6-7-10(16)8-12(9)14(17)11-4-2-3-5-13(11)15/h2-8H,1H3. The van der Waals surface area contributed by atoms with Crippen molar-refractivity contribution < 1.29 is 9.18 Å². The highest BCUT2D eigenvalue weighted by atomic mass is 35.5. The largest absolute Gasteiger partial charge is 0.289 e. The lowest BCUT2D eigenvalue weighted by Gasteiger charge is -2.06. The van der Waals surface area contributed by atoms with Gasteiger partial charge in [0.25, 0.3) is 0 Å². The molecule has 0 saturated carbocycles. The molecule has 0 spiro atoms. The molecule has 0 fully saturated rings. The van der Waals surface area contributed by atoms with Crippen LogP contribution in [0.1, 0.15) is 21.5 Å². The predicted molar refractivity (Wildman–Crippen MR) is 66.0 cm³/mol. The van der Waals surface area contributed by atoms with E-state index in [1.807, 2.05) is 0 Å². The minimum atomic E-state index is -0.425. The molecule has 2 rings (SSSR count). The predicted octanol–water partition coefficient (Wildman–Crippen LogP) is 4.02. The van der Waals surface area contributed by atoms with E-state index in [-0.39, 0.29) is 5.78 Å². The Balaban J connectivity index is 2.51. The third kappa shape index (κ3) is 2.37. The van der Waals surface area contributed by atoms with E-state index < -0.39 is 5.82 Å². The van der Waals surface area contributed by atoms with Gasteiger partial charge >= 0.3 is 0 Å². The van der Waals surface area contributed by atoms with E-state index in [4.69, 9.17) is 11.6 Å². The number of halogens is 2. The van der Waals surface area contributed by atoms with Gasteiger partial charge in [-0.2, -0.15) is 0 Å². The maximum Gasteiger partial charge on any atom is 0.194 e. The number of hydrogen-bond acceptors (Lipinski definition) is 1. The molecule has 0 saturated heterocycles. The fourth-order valence-corrected chi connectivity index (χ4v) is 1.85. The minimum absolute atomic E-state index is 0.257. The van der Waals surface area contributed by atoms with Crippen molar-refractivity contribution in [3.8, 4) is 0 Å². The Morgan fingerprint density at radius 3 is 2.53 bits per heavy atom. The molecule has 0 aliphatic rings. The highest BCUT2D eigenvalue weighted by Crippen LogP contribution is 2.21. The van der Waals surface area contributed by atoms with Gasteiger partial charge in [0.2, 0.25) is 0 Å². The number of aryl methyl sites for hydroxylation is 1. The molecule has 0 aliphatic heterocycles. The first-order chi connectivity index (χ1) is 8.09. The molecule has 2 aromatic rings. The fraction of sp³-hybridized carbons (Fsp3) is 0.0714. The van der Waals surface area contributed by atoms with Crippen LogP contribution >= 0.6 is 11.6 Å². The maximum absolute atomic E-state index is 13.1. The Hall–Kier alpha value is -1.67. The van der Waals surface area contributed by atoms with Gasteiger partial charge in [-0.1, -0.05) is 29.8 Å². The van der Waals surface area contributed by atoms with E-state index in [2.05, 4.69) is 0 Å². The molecule has 86 valence electrons. The number of carbonyl (C=O) groups excluding carboxylic acids is 1. The van der Waals surface area contributed by atoms with Gasteiger partial charge < -0.3 is 0 Å². The summed E-state index contributed by atoms with van der Waals surface area (Å²) in [4.78, 5) is 12.2. The summed E-state index contributed by atoms with van der Waals surface area (Å²) in [5.41, 5.74) is 1.47. The highest BCUT2D eigenvalue weighted by Gasteiger charge is 2.14. The molecule has 3 heteroatoms. The van der Waals surface area contributed by atoms with E-state index in [1.54, 1.807) is 37.3 Å². The van der Waals surface area contributed by atoms with Crippen molar-refractivity contribution >= 4 is 17.4 Å².